The van der Waals surface area contributed by atoms with Crippen LogP contribution in [-0.4, -0.2) is 33.0 Å². The van der Waals surface area contributed by atoms with Crippen molar-refractivity contribution in [1.29, 1.82) is 0 Å². The van der Waals surface area contributed by atoms with Crippen molar-refractivity contribution in [2.75, 3.05) is 0 Å². The highest BCUT2D eigenvalue weighted by atomic mass is 16.7. The van der Waals surface area contributed by atoms with Crippen LogP contribution in [0.25, 0.3) is 0 Å². The third kappa shape index (κ3) is 2.50. The first-order valence-corrected chi connectivity index (χ1v) is 7.05. The van der Waals surface area contributed by atoms with Crippen LogP contribution in [0.3, 0.4) is 0 Å². The first-order valence-electron chi connectivity index (χ1n) is 7.05. The van der Waals surface area contributed by atoms with Gasteiger partial charge in [0.05, 0.1) is 11.1 Å². The van der Waals surface area contributed by atoms with Crippen LogP contribution >= 0.6 is 0 Å². The fourth-order valence-corrected chi connectivity index (χ4v) is 2.19. The van der Waals surface area contributed by atoms with Crippen LogP contribution in [0.5, 0.6) is 0 Å². The molecule has 118 valence electrons. The summed E-state index contributed by atoms with van der Waals surface area (Å²) in [5, 5.41) is 7.10. The number of hydroxylamine groups is 2. The Morgan fingerprint density at radius 2 is 1.70 bits per heavy atom. The van der Waals surface area contributed by atoms with Gasteiger partial charge >= 0.3 is 5.97 Å². The lowest BCUT2D eigenvalue weighted by Gasteiger charge is -2.14. The highest BCUT2D eigenvalue weighted by Gasteiger charge is 2.39. The van der Waals surface area contributed by atoms with Crippen LogP contribution in [-0.2, 0) is 10.3 Å². The van der Waals surface area contributed by atoms with Crippen LogP contribution in [0.2, 0.25) is 0 Å². The zero-order valence-electron chi connectivity index (χ0n) is 12.9. The number of aromatic nitrogens is 2. The Hall–Kier alpha value is -2.96. The van der Waals surface area contributed by atoms with Gasteiger partial charge in [0, 0.05) is 11.1 Å². The van der Waals surface area contributed by atoms with Crippen molar-refractivity contribution in [3.05, 3.63) is 52.8 Å². The molecule has 0 saturated carbocycles. The summed E-state index contributed by atoms with van der Waals surface area (Å²) in [6, 6.07) is 7.84. The molecule has 1 aliphatic rings. The molecule has 0 bridgehead atoms. The molecule has 3 rings (SSSR count). The minimum atomic E-state index is -0.869. The average molecular weight is 313 g/mol. The molecule has 1 aliphatic heterocycles. The predicted octanol–water partition coefficient (Wildman–Crippen LogP) is 2.08. The Labute approximate surface area is 132 Å². The van der Waals surface area contributed by atoms with E-state index in [1.807, 2.05) is 20.8 Å². The topological polar surface area (TPSA) is 92.4 Å². The Morgan fingerprint density at radius 1 is 1.13 bits per heavy atom. The highest BCUT2D eigenvalue weighted by molar-refractivity contribution is 6.21. The van der Waals surface area contributed by atoms with E-state index < -0.39 is 17.8 Å². The number of hydrogen-bond donors (Lipinski definition) is 1. The van der Waals surface area contributed by atoms with Crippen molar-refractivity contribution < 1.29 is 19.2 Å². The molecule has 1 aromatic heterocycles. The molecule has 7 nitrogen and oxygen atoms in total. The summed E-state index contributed by atoms with van der Waals surface area (Å²) in [6.45, 7) is 5.87. The van der Waals surface area contributed by atoms with E-state index in [9.17, 15) is 14.4 Å². The molecule has 0 spiro atoms. The van der Waals surface area contributed by atoms with Gasteiger partial charge in [0.2, 0.25) is 0 Å². The van der Waals surface area contributed by atoms with Gasteiger partial charge in [0.25, 0.3) is 11.8 Å². The third-order valence-corrected chi connectivity index (χ3v) is 3.53. The smallest absolute Gasteiger partial charge is 0.322 e. The number of carbonyl (C=O) groups excluding carboxylic acids is 3. The molecule has 2 aromatic rings. The quantitative estimate of drug-likeness (QED) is 0.857. The van der Waals surface area contributed by atoms with Gasteiger partial charge in [0.15, 0.2) is 5.69 Å². The number of benzene rings is 1. The molecule has 0 radical (unpaired) electrons. The molecular weight excluding hydrogens is 298 g/mol. The summed E-state index contributed by atoms with van der Waals surface area (Å²) in [5.74, 6) is -2.19. The molecule has 0 fully saturated rings. The van der Waals surface area contributed by atoms with Crippen molar-refractivity contribution in [2.24, 2.45) is 0 Å². The maximum Gasteiger partial charge on any atom is 0.384 e. The Kier molecular flexibility index (Phi) is 3.28. The van der Waals surface area contributed by atoms with E-state index in [2.05, 4.69) is 10.2 Å². The normalized spacial score (nSPS) is 14.1. The van der Waals surface area contributed by atoms with Gasteiger partial charge in [-0.2, -0.15) is 5.10 Å². The van der Waals surface area contributed by atoms with Gasteiger partial charge in [-0.05, 0) is 18.2 Å². The lowest BCUT2D eigenvalue weighted by atomic mass is 9.92. The second kappa shape index (κ2) is 5.05. The Bertz CT molecular complexity index is 782. The number of H-pyrrole nitrogens is 1. The maximum atomic E-state index is 12.1. The summed E-state index contributed by atoms with van der Waals surface area (Å²) in [7, 11) is 0. The molecule has 0 saturated heterocycles. The number of fused-ring (bicyclic) bond motifs is 1. The molecule has 0 unspecified atom stereocenters. The number of amides is 2. The van der Waals surface area contributed by atoms with Gasteiger partial charge in [-0.25, -0.2) is 4.79 Å². The number of aromatic amines is 1. The number of carbonyl (C=O) groups is 3. The minimum absolute atomic E-state index is 0.00600. The zero-order valence-corrected chi connectivity index (χ0v) is 12.9. The molecule has 1 aromatic carbocycles. The predicted molar refractivity (Wildman–Crippen MR) is 79.6 cm³/mol. The lowest BCUT2D eigenvalue weighted by molar-refractivity contribution is -0.0588. The standard InChI is InChI=1S/C16H15N3O4/c1-16(2,3)12-8-11(17-18-12)15(22)23-19-13(20)9-6-4-5-7-10(9)14(19)21/h4-8H,1-3H3,(H,17,18). The number of hydrogen-bond acceptors (Lipinski definition) is 5. The van der Waals surface area contributed by atoms with E-state index >= 15 is 0 Å². The molecule has 7 heteroatoms. The number of rotatable bonds is 2. The van der Waals surface area contributed by atoms with Crippen LogP contribution < -0.4 is 0 Å². The summed E-state index contributed by atoms with van der Waals surface area (Å²) >= 11 is 0. The fourth-order valence-electron chi connectivity index (χ4n) is 2.19. The largest absolute Gasteiger partial charge is 0.384 e. The maximum absolute atomic E-state index is 12.1. The van der Waals surface area contributed by atoms with E-state index in [4.69, 9.17) is 4.84 Å². The average Bonchev–Trinajstić information content (AvgIpc) is 3.08. The lowest BCUT2D eigenvalue weighted by Crippen LogP contribution is -2.32. The molecule has 2 amide bonds. The van der Waals surface area contributed by atoms with Crippen molar-refractivity contribution in [1.82, 2.24) is 15.3 Å². The van der Waals surface area contributed by atoms with E-state index in [-0.39, 0.29) is 22.2 Å². The molecule has 2 heterocycles. The van der Waals surface area contributed by atoms with Gasteiger partial charge in [0.1, 0.15) is 0 Å². The summed E-state index contributed by atoms with van der Waals surface area (Å²) in [6.07, 6.45) is 0. The molecule has 0 aliphatic carbocycles. The number of nitrogens with zero attached hydrogens (tertiary/aromatic N) is 2. The molecule has 1 N–H and O–H groups in total. The highest BCUT2D eigenvalue weighted by Crippen LogP contribution is 2.24. The van der Waals surface area contributed by atoms with Gasteiger partial charge in [-0.15, -0.1) is 0 Å². The minimum Gasteiger partial charge on any atom is -0.322 e. The number of nitrogens with one attached hydrogen (secondary N) is 1. The Balaban J connectivity index is 1.81. The molecule has 23 heavy (non-hydrogen) atoms. The monoisotopic (exact) mass is 313 g/mol. The van der Waals surface area contributed by atoms with Crippen LogP contribution in [0.4, 0.5) is 0 Å². The summed E-state index contributed by atoms with van der Waals surface area (Å²) in [5.41, 5.74) is 0.949. The SMILES string of the molecule is CC(C)(C)c1cc(C(=O)ON2C(=O)c3ccccc3C2=O)n[nH]1. The zero-order chi connectivity index (χ0) is 16.8. The van der Waals surface area contributed by atoms with E-state index in [0.29, 0.717) is 5.06 Å². The van der Waals surface area contributed by atoms with Crippen molar-refractivity contribution >= 4 is 17.8 Å². The second-order valence-electron chi connectivity index (χ2n) is 6.25. The van der Waals surface area contributed by atoms with Crippen LogP contribution in [0.1, 0.15) is 57.7 Å². The first kappa shape index (κ1) is 15.0. The van der Waals surface area contributed by atoms with E-state index in [0.717, 1.165) is 5.69 Å². The van der Waals surface area contributed by atoms with Gasteiger partial charge < -0.3 is 4.84 Å². The van der Waals surface area contributed by atoms with Crippen LogP contribution in [0, 0.1) is 0 Å². The fraction of sp³-hybridized carbons (Fsp3) is 0.250. The third-order valence-electron chi connectivity index (χ3n) is 3.53. The van der Waals surface area contributed by atoms with E-state index in [1.54, 1.807) is 18.2 Å². The number of imide groups is 1. The van der Waals surface area contributed by atoms with E-state index in [1.165, 1.54) is 12.1 Å². The summed E-state index contributed by atoms with van der Waals surface area (Å²) < 4.78 is 0. The molecule has 0 atom stereocenters. The summed E-state index contributed by atoms with van der Waals surface area (Å²) in [4.78, 5) is 41.4. The van der Waals surface area contributed by atoms with Gasteiger partial charge in [-0.3, -0.25) is 14.7 Å². The Morgan fingerprint density at radius 3 is 2.17 bits per heavy atom. The van der Waals surface area contributed by atoms with Crippen molar-refractivity contribution in [3.63, 3.8) is 0 Å². The molecular formula is C16H15N3O4. The first-order chi connectivity index (χ1) is 10.8. The van der Waals surface area contributed by atoms with Crippen molar-refractivity contribution in [2.45, 2.75) is 26.2 Å². The second-order valence-corrected chi connectivity index (χ2v) is 6.25. The van der Waals surface area contributed by atoms with Crippen molar-refractivity contribution in [3.8, 4) is 0 Å². The van der Waals surface area contributed by atoms with Gasteiger partial charge in [-0.1, -0.05) is 38.0 Å². The van der Waals surface area contributed by atoms with Crippen LogP contribution in [0.15, 0.2) is 30.3 Å².